The van der Waals surface area contributed by atoms with Crippen molar-refractivity contribution in [2.75, 3.05) is 7.11 Å². The zero-order chi connectivity index (χ0) is 18.6. The third-order valence-corrected chi connectivity index (χ3v) is 4.20. The first-order chi connectivity index (χ1) is 11.7. The number of benzene rings is 1. The standard InChI is InChI=1S/C15H11ClF3NO4S/c1-23-7-10(13(21)22)9-5-3-2-4-8(9)6-24-12-11(16)25-14(20-12)15(17,18)19/h2-5,7H,6H2,1H3,(H,21,22). The molecule has 0 aliphatic carbocycles. The maximum atomic E-state index is 12.6. The summed E-state index contributed by atoms with van der Waals surface area (Å²) in [5, 5.41) is 8.14. The van der Waals surface area contributed by atoms with Crippen molar-refractivity contribution >= 4 is 34.5 Å². The molecule has 134 valence electrons. The Bertz CT molecular complexity index is 804. The number of hydrogen-bond donors (Lipinski definition) is 1. The Morgan fingerprint density at radius 3 is 2.64 bits per heavy atom. The van der Waals surface area contributed by atoms with Crippen LogP contribution in [0.2, 0.25) is 4.34 Å². The van der Waals surface area contributed by atoms with Crippen LogP contribution in [0.4, 0.5) is 13.2 Å². The van der Waals surface area contributed by atoms with Gasteiger partial charge in [0.1, 0.15) is 12.2 Å². The van der Waals surface area contributed by atoms with Crippen LogP contribution in [0.1, 0.15) is 16.1 Å². The molecule has 0 fully saturated rings. The summed E-state index contributed by atoms with van der Waals surface area (Å²) in [6, 6.07) is 6.36. The van der Waals surface area contributed by atoms with E-state index < -0.39 is 17.2 Å². The lowest BCUT2D eigenvalue weighted by Crippen LogP contribution is -2.07. The van der Waals surface area contributed by atoms with Gasteiger partial charge in [-0.1, -0.05) is 47.2 Å². The molecule has 2 aromatic rings. The van der Waals surface area contributed by atoms with Crippen LogP contribution in [0.5, 0.6) is 5.88 Å². The third-order valence-electron chi connectivity index (χ3n) is 2.94. The van der Waals surface area contributed by atoms with Crippen LogP contribution >= 0.6 is 22.9 Å². The Kier molecular flexibility index (Phi) is 5.91. The molecule has 0 atom stereocenters. The summed E-state index contributed by atoms with van der Waals surface area (Å²) in [6.45, 7) is -0.217. The Balaban J connectivity index is 2.27. The number of ether oxygens (including phenoxy) is 2. The molecule has 0 spiro atoms. The molecule has 25 heavy (non-hydrogen) atoms. The molecule has 1 aromatic heterocycles. The number of rotatable bonds is 6. The fraction of sp³-hybridized carbons (Fsp3) is 0.200. The van der Waals surface area contributed by atoms with Crippen LogP contribution in [0.15, 0.2) is 30.5 Å². The predicted octanol–water partition coefficient (Wildman–Crippen LogP) is 4.47. The molecule has 2 rings (SSSR count). The minimum atomic E-state index is -4.62. The summed E-state index contributed by atoms with van der Waals surface area (Å²) in [4.78, 5) is 14.7. The van der Waals surface area contributed by atoms with Crippen molar-refractivity contribution < 1.29 is 32.5 Å². The van der Waals surface area contributed by atoms with Gasteiger partial charge in [0.25, 0.3) is 0 Å². The van der Waals surface area contributed by atoms with Gasteiger partial charge in [-0.25, -0.2) is 4.79 Å². The molecule has 0 bridgehead atoms. The maximum Gasteiger partial charge on any atom is 0.443 e. The quantitative estimate of drug-likeness (QED) is 0.579. The summed E-state index contributed by atoms with van der Waals surface area (Å²) >= 11 is 5.98. The first kappa shape index (κ1) is 19.1. The van der Waals surface area contributed by atoms with E-state index in [1.165, 1.54) is 13.2 Å². The number of hydrogen-bond acceptors (Lipinski definition) is 5. The van der Waals surface area contributed by atoms with Gasteiger partial charge in [0.15, 0.2) is 4.34 Å². The minimum Gasteiger partial charge on any atom is -0.503 e. The van der Waals surface area contributed by atoms with Gasteiger partial charge < -0.3 is 14.6 Å². The van der Waals surface area contributed by atoms with E-state index in [0.717, 1.165) is 6.26 Å². The van der Waals surface area contributed by atoms with E-state index in [0.29, 0.717) is 11.1 Å². The molecule has 0 saturated carbocycles. The van der Waals surface area contributed by atoms with Crippen LogP contribution in [0.3, 0.4) is 0 Å². The van der Waals surface area contributed by atoms with Crippen LogP contribution in [-0.4, -0.2) is 23.2 Å². The lowest BCUT2D eigenvalue weighted by molar-refractivity contribution is -0.137. The van der Waals surface area contributed by atoms with E-state index in [1.54, 1.807) is 18.2 Å². The summed E-state index contributed by atoms with van der Waals surface area (Å²) in [5.74, 6) is -1.58. The number of carbonyl (C=O) groups is 1. The van der Waals surface area contributed by atoms with Gasteiger partial charge in [-0.05, 0) is 11.1 Å². The van der Waals surface area contributed by atoms with Gasteiger partial charge in [0, 0.05) is 0 Å². The van der Waals surface area contributed by atoms with Gasteiger partial charge >= 0.3 is 12.1 Å². The SMILES string of the molecule is COC=C(C(=O)O)c1ccccc1COc1nc(C(F)(F)F)sc1Cl. The number of halogens is 4. The van der Waals surface area contributed by atoms with E-state index in [9.17, 15) is 23.1 Å². The largest absolute Gasteiger partial charge is 0.503 e. The second-order valence-electron chi connectivity index (χ2n) is 4.61. The number of nitrogens with zero attached hydrogens (tertiary/aromatic N) is 1. The second kappa shape index (κ2) is 7.75. The maximum absolute atomic E-state index is 12.6. The number of alkyl halides is 3. The van der Waals surface area contributed by atoms with Crippen molar-refractivity contribution in [1.82, 2.24) is 4.98 Å². The van der Waals surface area contributed by atoms with E-state index >= 15 is 0 Å². The lowest BCUT2D eigenvalue weighted by Gasteiger charge is -2.10. The van der Waals surface area contributed by atoms with Gasteiger partial charge in [-0.2, -0.15) is 18.2 Å². The molecular weight excluding hydrogens is 383 g/mol. The normalized spacial score (nSPS) is 12.1. The zero-order valence-electron chi connectivity index (χ0n) is 12.6. The molecule has 1 aromatic carbocycles. The number of thiazole rings is 1. The second-order valence-corrected chi connectivity index (χ2v) is 6.21. The molecular formula is C15H11ClF3NO4S. The van der Waals surface area contributed by atoms with Gasteiger partial charge in [-0.3, -0.25) is 0 Å². The van der Waals surface area contributed by atoms with Gasteiger partial charge in [0.05, 0.1) is 13.4 Å². The molecule has 0 unspecified atom stereocenters. The van der Waals surface area contributed by atoms with Crippen molar-refractivity contribution in [2.45, 2.75) is 12.8 Å². The highest BCUT2D eigenvalue weighted by Gasteiger charge is 2.36. The molecule has 5 nitrogen and oxygen atoms in total. The molecule has 0 aliphatic heterocycles. The van der Waals surface area contributed by atoms with E-state index in [1.807, 2.05) is 0 Å². The van der Waals surface area contributed by atoms with E-state index in [-0.39, 0.29) is 33.7 Å². The average Bonchev–Trinajstić information content (AvgIpc) is 2.92. The Morgan fingerprint density at radius 1 is 1.40 bits per heavy atom. The first-order valence-electron chi connectivity index (χ1n) is 6.65. The molecule has 10 heteroatoms. The molecule has 0 saturated heterocycles. The van der Waals surface area contributed by atoms with Crippen molar-refractivity contribution in [3.8, 4) is 5.88 Å². The number of aliphatic carboxylic acids is 1. The number of aromatic nitrogens is 1. The number of methoxy groups -OCH3 is 1. The highest BCUT2D eigenvalue weighted by atomic mass is 35.5. The highest BCUT2D eigenvalue weighted by Crippen LogP contribution is 2.39. The molecule has 1 N–H and O–H groups in total. The summed E-state index contributed by atoms with van der Waals surface area (Å²) in [7, 11) is 1.30. The molecule has 1 heterocycles. The number of carboxylic acids is 1. The Morgan fingerprint density at radius 2 is 2.08 bits per heavy atom. The first-order valence-corrected chi connectivity index (χ1v) is 7.84. The summed E-state index contributed by atoms with van der Waals surface area (Å²) in [5.41, 5.74) is 0.604. The molecule has 0 aliphatic rings. The summed E-state index contributed by atoms with van der Waals surface area (Å²) < 4.78 is 47.7. The van der Waals surface area contributed by atoms with Gasteiger partial charge in [0.2, 0.25) is 10.9 Å². The Labute approximate surface area is 149 Å². The van der Waals surface area contributed by atoms with Crippen molar-refractivity contribution in [3.05, 3.63) is 51.0 Å². The van der Waals surface area contributed by atoms with Crippen LogP contribution in [0, 0.1) is 0 Å². The van der Waals surface area contributed by atoms with Crippen molar-refractivity contribution in [2.24, 2.45) is 0 Å². The van der Waals surface area contributed by atoms with E-state index in [4.69, 9.17) is 21.1 Å². The molecule has 0 amide bonds. The van der Waals surface area contributed by atoms with Crippen LogP contribution in [0.25, 0.3) is 5.57 Å². The van der Waals surface area contributed by atoms with Crippen LogP contribution < -0.4 is 4.74 Å². The topological polar surface area (TPSA) is 68.7 Å². The Hall–Kier alpha value is -2.26. The third kappa shape index (κ3) is 4.64. The summed E-state index contributed by atoms with van der Waals surface area (Å²) in [6.07, 6.45) is -3.57. The van der Waals surface area contributed by atoms with Crippen molar-refractivity contribution in [3.63, 3.8) is 0 Å². The lowest BCUT2D eigenvalue weighted by atomic mass is 10.0. The minimum absolute atomic E-state index is 0.123. The predicted molar refractivity (Wildman–Crippen MR) is 85.5 cm³/mol. The smallest absolute Gasteiger partial charge is 0.443 e. The van der Waals surface area contributed by atoms with Crippen molar-refractivity contribution in [1.29, 1.82) is 0 Å². The number of carboxylic acid groups (broad SMARTS) is 1. The monoisotopic (exact) mass is 393 g/mol. The van der Waals surface area contributed by atoms with Gasteiger partial charge in [-0.15, -0.1) is 0 Å². The average molecular weight is 394 g/mol. The fourth-order valence-electron chi connectivity index (χ4n) is 1.90. The fourth-order valence-corrected chi connectivity index (χ4v) is 2.82. The zero-order valence-corrected chi connectivity index (χ0v) is 14.2. The van der Waals surface area contributed by atoms with E-state index in [2.05, 4.69) is 4.98 Å². The van der Waals surface area contributed by atoms with Crippen LogP contribution in [-0.2, 0) is 22.3 Å². The molecule has 0 radical (unpaired) electrons. The highest BCUT2D eigenvalue weighted by molar-refractivity contribution is 7.16.